The van der Waals surface area contributed by atoms with Crippen LogP contribution in [0, 0.1) is 11.3 Å². The molecule has 4 nitrogen and oxygen atoms in total. The Bertz CT molecular complexity index is 436. The zero-order chi connectivity index (χ0) is 9.80. The Morgan fingerprint density at radius 3 is 2.64 bits per heavy atom. The molecule has 0 aliphatic carbocycles. The van der Waals surface area contributed by atoms with Gasteiger partial charge in [0, 0.05) is 18.6 Å². The van der Waals surface area contributed by atoms with Crippen molar-refractivity contribution in [1.29, 1.82) is 5.26 Å². The summed E-state index contributed by atoms with van der Waals surface area (Å²) in [5.41, 5.74) is 3.59. The van der Waals surface area contributed by atoms with Crippen molar-refractivity contribution < 1.29 is 0 Å². The molecule has 2 aromatic heterocycles. The van der Waals surface area contributed by atoms with Crippen LogP contribution < -0.4 is 5.43 Å². The maximum absolute atomic E-state index is 8.57. The fourth-order valence-corrected chi connectivity index (χ4v) is 1.07. The molecule has 0 aromatic carbocycles. The number of nitriles is 1. The molecule has 0 unspecified atom stereocenters. The zero-order valence-corrected chi connectivity index (χ0v) is 7.38. The van der Waals surface area contributed by atoms with Crippen molar-refractivity contribution in [1.82, 2.24) is 9.66 Å². The topological polar surface area (TPSA) is 53.6 Å². The summed E-state index contributed by atoms with van der Waals surface area (Å²) in [7, 11) is 0. The van der Waals surface area contributed by atoms with E-state index in [2.05, 4.69) is 10.4 Å². The number of hydrogen-bond donors (Lipinski definition) is 1. The van der Waals surface area contributed by atoms with Crippen LogP contribution in [0.1, 0.15) is 5.56 Å². The Morgan fingerprint density at radius 1 is 1.29 bits per heavy atom. The lowest BCUT2D eigenvalue weighted by molar-refractivity contribution is 0.952. The van der Waals surface area contributed by atoms with Gasteiger partial charge in [-0.2, -0.15) is 5.26 Å². The van der Waals surface area contributed by atoms with Crippen LogP contribution >= 0.6 is 0 Å². The molecule has 2 aromatic rings. The predicted octanol–water partition coefficient (Wildman–Crippen LogP) is 1.63. The Balaban J connectivity index is 2.15. The van der Waals surface area contributed by atoms with Crippen LogP contribution in [0.25, 0.3) is 0 Å². The minimum atomic E-state index is 0.558. The Morgan fingerprint density at radius 2 is 2.07 bits per heavy atom. The lowest BCUT2D eigenvalue weighted by Gasteiger charge is -2.05. The van der Waals surface area contributed by atoms with Crippen molar-refractivity contribution >= 4 is 5.82 Å². The minimum absolute atomic E-state index is 0.558. The van der Waals surface area contributed by atoms with E-state index in [1.165, 1.54) is 6.20 Å². The van der Waals surface area contributed by atoms with E-state index in [1.807, 2.05) is 30.6 Å². The molecule has 0 atom stereocenters. The van der Waals surface area contributed by atoms with E-state index < -0.39 is 0 Å². The number of nitrogens with one attached hydrogen (secondary N) is 1. The number of anilines is 1. The summed E-state index contributed by atoms with van der Waals surface area (Å²) in [6, 6.07) is 9.33. The first-order valence-electron chi connectivity index (χ1n) is 4.14. The molecule has 0 saturated carbocycles. The molecule has 2 heterocycles. The molecular formula is C10H8N4. The number of pyridine rings is 1. The van der Waals surface area contributed by atoms with E-state index in [4.69, 9.17) is 5.26 Å². The average molecular weight is 184 g/mol. The van der Waals surface area contributed by atoms with Gasteiger partial charge < -0.3 is 0 Å². The van der Waals surface area contributed by atoms with Crippen LogP contribution in [0.3, 0.4) is 0 Å². The highest BCUT2D eigenvalue weighted by Crippen LogP contribution is 2.04. The van der Waals surface area contributed by atoms with Gasteiger partial charge in [-0.1, -0.05) is 0 Å². The van der Waals surface area contributed by atoms with Gasteiger partial charge in [-0.15, -0.1) is 0 Å². The van der Waals surface area contributed by atoms with Gasteiger partial charge in [-0.25, -0.2) is 4.98 Å². The largest absolute Gasteiger partial charge is 0.278 e. The van der Waals surface area contributed by atoms with Gasteiger partial charge in [-0.05, 0) is 24.3 Å². The Kier molecular flexibility index (Phi) is 2.15. The quantitative estimate of drug-likeness (QED) is 0.771. The number of aromatic nitrogens is 2. The summed E-state index contributed by atoms with van der Waals surface area (Å²) in [5.74, 6) is 0.709. The van der Waals surface area contributed by atoms with E-state index in [0.717, 1.165) is 0 Å². The van der Waals surface area contributed by atoms with Gasteiger partial charge >= 0.3 is 0 Å². The van der Waals surface area contributed by atoms with Crippen molar-refractivity contribution in [2.75, 3.05) is 5.43 Å². The maximum Gasteiger partial charge on any atom is 0.144 e. The molecule has 1 N–H and O–H groups in total. The van der Waals surface area contributed by atoms with Crippen molar-refractivity contribution in [2.24, 2.45) is 0 Å². The van der Waals surface area contributed by atoms with Crippen molar-refractivity contribution in [3.63, 3.8) is 0 Å². The number of hydrogen-bond acceptors (Lipinski definition) is 3. The summed E-state index contributed by atoms with van der Waals surface area (Å²) < 4.78 is 1.79. The van der Waals surface area contributed by atoms with Crippen LogP contribution in [-0.2, 0) is 0 Å². The zero-order valence-electron chi connectivity index (χ0n) is 7.38. The molecule has 0 saturated heterocycles. The van der Waals surface area contributed by atoms with Gasteiger partial charge in [0.05, 0.1) is 5.56 Å². The summed E-state index contributed by atoms with van der Waals surface area (Å²) in [6.07, 6.45) is 5.28. The first-order valence-corrected chi connectivity index (χ1v) is 4.14. The summed E-state index contributed by atoms with van der Waals surface area (Å²) >= 11 is 0. The standard InChI is InChI=1S/C10H8N4/c11-7-9-3-4-10(12-8-9)13-14-5-1-2-6-14/h1-6,8H,(H,12,13). The van der Waals surface area contributed by atoms with Crippen LogP contribution in [0.15, 0.2) is 42.9 Å². The first-order chi connectivity index (χ1) is 6.88. The third kappa shape index (κ3) is 1.72. The second-order valence-electron chi connectivity index (χ2n) is 2.75. The minimum Gasteiger partial charge on any atom is -0.278 e. The van der Waals surface area contributed by atoms with Crippen LogP contribution in [0.2, 0.25) is 0 Å². The lowest BCUT2D eigenvalue weighted by Crippen LogP contribution is -2.06. The van der Waals surface area contributed by atoms with E-state index >= 15 is 0 Å². The fourth-order valence-electron chi connectivity index (χ4n) is 1.07. The van der Waals surface area contributed by atoms with E-state index in [1.54, 1.807) is 16.8 Å². The highest BCUT2D eigenvalue weighted by atomic mass is 15.4. The highest BCUT2D eigenvalue weighted by Gasteiger charge is 1.94. The van der Waals surface area contributed by atoms with E-state index in [9.17, 15) is 0 Å². The number of nitrogens with zero attached hydrogens (tertiary/aromatic N) is 3. The third-order valence-electron chi connectivity index (χ3n) is 1.74. The van der Waals surface area contributed by atoms with Gasteiger partial charge in [0.25, 0.3) is 0 Å². The van der Waals surface area contributed by atoms with Gasteiger partial charge in [0.15, 0.2) is 0 Å². The lowest BCUT2D eigenvalue weighted by atomic mass is 10.3. The molecule has 0 bridgehead atoms. The summed E-state index contributed by atoms with van der Waals surface area (Å²) in [6.45, 7) is 0. The molecule has 14 heavy (non-hydrogen) atoms. The number of rotatable bonds is 2. The van der Waals surface area contributed by atoms with Gasteiger partial charge in [0.2, 0.25) is 0 Å². The van der Waals surface area contributed by atoms with Crippen molar-refractivity contribution in [3.05, 3.63) is 48.4 Å². The van der Waals surface area contributed by atoms with E-state index in [-0.39, 0.29) is 0 Å². The Hall–Kier alpha value is -2.28. The molecule has 2 rings (SSSR count). The molecule has 0 amide bonds. The predicted molar refractivity (Wildman–Crippen MR) is 52.4 cm³/mol. The second-order valence-corrected chi connectivity index (χ2v) is 2.75. The smallest absolute Gasteiger partial charge is 0.144 e. The van der Waals surface area contributed by atoms with E-state index in [0.29, 0.717) is 11.4 Å². The van der Waals surface area contributed by atoms with Crippen LogP contribution in [-0.4, -0.2) is 9.66 Å². The monoisotopic (exact) mass is 184 g/mol. The molecule has 68 valence electrons. The summed E-state index contributed by atoms with van der Waals surface area (Å²) in [5, 5.41) is 8.57. The molecule has 0 aliphatic rings. The molecular weight excluding hydrogens is 176 g/mol. The highest BCUT2D eigenvalue weighted by molar-refractivity contribution is 5.38. The molecule has 4 heteroatoms. The van der Waals surface area contributed by atoms with Crippen molar-refractivity contribution in [2.45, 2.75) is 0 Å². The molecule has 0 spiro atoms. The van der Waals surface area contributed by atoms with Gasteiger partial charge in [0.1, 0.15) is 11.9 Å². The summed E-state index contributed by atoms with van der Waals surface area (Å²) in [4.78, 5) is 4.07. The van der Waals surface area contributed by atoms with Crippen LogP contribution in [0.5, 0.6) is 0 Å². The average Bonchev–Trinajstić information content (AvgIpc) is 2.72. The third-order valence-corrected chi connectivity index (χ3v) is 1.74. The Labute approximate surface area is 81.4 Å². The molecule has 0 fully saturated rings. The normalized spacial score (nSPS) is 9.36. The fraction of sp³-hybridized carbons (Fsp3) is 0. The SMILES string of the molecule is N#Cc1ccc(Nn2cccc2)nc1. The molecule has 0 aliphatic heterocycles. The second kappa shape index (κ2) is 3.62. The van der Waals surface area contributed by atoms with Gasteiger partial charge in [-0.3, -0.25) is 10.1 Å². The maximum atomic E-state index is 8.57. The first kappa shape index (κ1) is 8.32. The van der Waals surface area contributed by atoms with Crippen molar-refractivity contribution in [3.8, 4) is 6.07 Å². The van der Waals surface area contributed by atoms with Crippen LogP contribution in [0.4, 0.5) is 5.82 Å². The molecule has 0 radical (unpaired) electrons.